The molecule has 1 saturated heterocycles. The van der Waals surface area contributed by atoms with Gasteiger partial charge in [0.15, 0.2) is 0 Å². The molecule has 0 aliphatic carbocycles. The highest BCUT2D eigenvalue weighted by Gasteiger charge is 2.24. The average Bonchev–Trinajstić information content (AvgIpc) is 2.54. The van der Waals surface area contributed by atoms with Gasteiger partial charge in [-0.05, 0) is 45.9 Å². The lowest BCUT2D eigenvalue weighted by atomic mass is 10.2. The van der Waals surface area contributed by atoms with E-state index in [0.29, 0.717) is 0 Å². The number of rotatable bonds is 5. The zero-order valence-electron chi connectivity index (χ0n) is 9.42. The monoisotopic (exact) mass is 184 g/mol. The lowest BCUT2D eigenvalue weighted by Gasteiger charge is -2.23. The van der Waals surface area contributed by atoms with Gasteiger partial charge in [-0.3, -0.25) is 0 Å². The molecule has 0 aromatic carbocycles. The molecule has 1 atom stereocenters. The van der Waals surface area contributed by atoms with Crippen molar-refractivity contribution in [3.63, 3.8) is 0 Å². The van der Waals surface area contributed by atoms with Gasteiger partial charge in [-0.25, -0.2) is 0 Å². The maximum Gasteiger partial charge on any atom is 0.0232 e. The topological polar surface area (TPSA) is 6.48 Å². The minimum Gasteiger partial charge on any atom is -0.302 e. The van der Waals surface area contributed by atoms with Gasteiger partial charge < -0.3 is 9.80 Å². The van der Waals surface area contributed by atoms with Crippen LogP contribution in [0.4, 0.5) is 0 Å². The molecule has 0 saturated carbocycles. The van der Waals surface area contributed by atoms with Crippen molar-refractivity contribution in [3.05, 3.63) is 0 Å². The average molecular weight is 184 g/mol. The van der Waals surface area contributed by atoms with Crippen LogP contribution in [0.25, 0.3) is 0 Å². The fourth-order valence-electron chi connectivity index (χ4n) is 2.23. The second-order valence-electron chi connectivity index (χ2n) is 4.22. The number of likely N-dealkylation sites (N-methyl/N-ethyl adjacent to an activating group) is 1. The van der Waals surface area contributed by atoms with Crippen LogP contribution in [0.1, 0.15) is 33.1 Å². The Morgan fingerprint density at radius 2 is 2.08 bits per heavy atom. The van der Waals surface area contributed by atoms with Crippen molar-refractivity contribution in [1.82, 2.24) is 9.80 Å². The van der Waals surface area contributed by atoms with Gasteiger partial charge >= 0.3 is 0 Å². The first-order chi connectivity index (χ1) is 6.27. The molecule has 0 aromatic rings. The first-order valence-electron chi connectivity index (χ1n) is 5.70. The zero-order valence-corrected chi connectivity index (χ0v) is 9.42. The predicted molar refractivity (Wildman–Crippen MR) is 58.1 cm³/mol. The first kappa shape index (κ1) is 11.0. The molecule has 2 nitrogen and oxygen atoms in total. The lowest BCUT2D eigenvalue weighted by Crippen LogP contribution is -2.35. The third-order valence-corrected chi connectivity index (χ3v) is 2.99. The van der Waals surface area contributed by atoms with Crippen LogP contribution in [0.15, 0.2) is 0 Å². The highest BCUT2D eigenvalue weighted by Crippen LogP contribution is 2.14. The molecule has 0 N–H and O–H groups in total. The summed E-state index contributed by atoms with van der Waals surface area (Å²) in [5.74, 6) is 0. The van der Waals surface area contributed by atoms with E-state index in [2.05, 4.69) is 30.7 Å². The van der Waals surface area contributed by atoms with Gasteiger partial charge in [0, 0.05) is 12.6 Å². The van der Waals surface area contributed by atoms with Crippen molar-refractivity contribution in [2.24, 2.45) is 0 Å². The number of hydrogen-bond donors (Lipinski definition) is 0. The second-order valence-corrected chi connectivity index (χ2v) is 4.22. The SMILES string of the molecule is CCCN1CCC(N(C)CCC)C1. The molecule has 1 heterocycles. The van der Waals surface area contributed by atoms with Gasteiger partial charge in [0.2, 0.25) is 0 Å². The lowest BCUT2D eigenvalue weighted by molar-refractivity contribution is 0.232. The van der Waals surface area contributed by atoms with Crippen LogP contribution in [-0.4, -0.2) is 49.1 Å². The summed E-state index contributed by atoms with van der Waals surface area (Å²) in [6.07, 6.45) is 3.95. The van der Waals surface area contributed by atoms with E-state index in [9.17, 15) is 0 Å². The summed E-state index contributed by atoms with van der Waals surface area (Å²) in [6.45, 7) is 9.68. The minimum absolute atomic E-state index is 0.825. The molecule has 13 heavy (non-hydrogen) atoms. The van der Waals surface area contributed by atoms with Gasteiger partial charge in [-0.1, -0.05) is 13.8 Å². The van der Waals surface area contributed by atoms with Crippen molar-refractivity contribution >= 4 is 0 Å². The van der Waals surface area contributed by atoms with E-state index >= 15 is 0 Å². The number of nitrogens with zero attached hydrogens (tertiary/aromatic N) is 2. The Hall–Kier alpha value is -0.0800. The fourth-order valence-corrected chi connectivity index (χ4v) is 2.23. The molecular formula is C11H24N2. The summed E-state index contributed by atoms with van der Waals surface area (Å²) >= 11 is 0. The molecule has 1 unspecified atom stereocenters. The maximum atomic E-state index is 2.59. The Morgan fingerprint density at radius 3 is 2.69 bits per heavy atom. The Bertz CT molecular complexity index is 136. The first-order valence-corrected chi connectivity index (χ1v) is 5.70. The van der Waals surface area contributed by atoms with E-state index in [-0.39, 0.29) is 0 Å². The predicted octanol–water partition coefficient (Wildman–Crippen LogP) is 1.81. The van der Waals surface area contributed by atoms with E-state index in [4.69, 9.17) is 0 Å². The summed E-state index contributed by atoms with van der Waals surface area (Å²) in [5.41, 5.74) is 0. The number of likely N-dealkylation sites (tertiary alicyclic amines) is 1. The van der Waals surface area contributed by atoms with Crippen molar-refractivity contribution in [2.75, 3.05) is 33.2 Å². The smallest absolute Gasteiger partial charge is 0.0232 e. The van der Waals surface area contributed by atoms with Gasteiger partial charge in [-0.2, -0.15) is 0 Å². The highest BCUT2D eigenvalue weighted by atomic mass is 15.2. The summed E-state index contributed by atoms with van der Waals surface area (Å²) in [4.78, 5) is 5.12. The van der Waals surface area contributed by atoms with Crippen LogP contribution in [0, 0.1) is 0 Å². The molecule has 1 rings (SSSR count). The zero-order chi connectivity index (χ0) is 9.68. The molecular weight excluding hydrogens is 160 g/mol. The summed E-state index contributed by atoms with van der Waals surface area (Å²) in [5, 5.41) is 0. The van der Waals surface area contributed by atoms with Crippen molar-refractivity contribution in [1.29, 1.82) is 0 Å². The molecule has 1 aliphatic rings. The third kappa shape index (κ3) is 3.28. The normalized spacial score (nSPS) is 24.5. The van der Waals surface area contributed by atoms with Gasteiger partial charge in [0.05, 0.1) is 0 Å². The number of hydrogen-bond acceptors (Lipinski definition) is 2. The molecule has 0 radical (unpaired) electrons. The van der Waals surface area contributed by atoms with Crippen LogP contribution in [-0.2, 0) is 0 Å². The summed E-state index contributed by atoms with van der Waals surface area (Å²) < 4.78 is 0. The van der Waals surface area contributed by atoms with Crippen LogP contribution < -0.4 is 0 Å². The van der Waals surface area contributed by atoms with Gasteiger partial charge in [0.25, 0.3) is 0 Å². The molecule has 78 valence electrons. The van der Waals surface area contributed by atoms with Crippen LogP contribution in [0.2, 0.25) is 0 Å². The van der Waals surface area contributed by atoms with E-state index in [0.717, 1.165) is 6.04 Å². The molecule has 0 amide bonds. The highest BCUT2D eigenvalue weighted by molar-refractivity contribution is 4.81. The summed E-state index contributed by atoms with van der Waals surface area (Å²) in [6, 6.07) is 0.825. The molecule has 2 heteroatoms. The van der Waals surface area contributed by atoms with Crippen LogP contribution in [0.3, 0.4) is 0 Å². The largest absolute Gasteiger partial charge is 0.302 e. The Morgan fingerprint density at radius 1 is 1.31 bits per heavy atom. The second kappa shape index (κ2) is 5.61. The van der Waals surface area contributed by atoms with Crippen molar-refractivity contribution in [3.8, 4) is 0 Å². The van der Waals surface area contributed by atoms with E-state index in [1.807, 2.05) is 0 Å². The molecule has 0 aromatic heterocycles. The van der Waals surface area contributed by atoms with Gasteiger partial charge in [0.1, 0.15) is 0 Å². The summed E-state index contributed by atoms with van der Waals surface area (Å²) in [7, 11) is 2.27. The van der Waals surface area contributed by atoms with Crippen LogP contribution in [0.5, 0.6) is 0 Å². The molecule has 0 spiro atoms. The van der Waals surface area contributed by atoms with Crippen LogP contribution >= 0.6 is 0 Å². The molecule has 1 fully saturated rings. The Kier molecular flexibility index (Phi) is 4.74. The fraction of sp³-hybridized carbons (Fsp3) is 1.00. The molecule has 1 aliphatic heterocycles. The molecule has 0 bridgehead atoms. The van der Waals surface area contributed by atoms with Crippen molar-refractivity contribution < 1.29 is 0 Å². The van der Waals surface area contributed by atoms with E-state index < -0.39 is 0 Å². The standard InChI is InChI=1S/C11H24N2/c1-4-7-12(3)11-6-9-13(10-11)8-5-2/h11H,4-10H2,1-3H3. The van der Waals surface area contributed by atoms with Crippen molar-refractivity contribution in [2.45, 2.75) is 39.2 Å². The Labute approximate surface area is 82.9 Å². The minimum atomic E-state index is 0.825. The Balaban J connectivity index is 2.23. The van der Waals surface area contributed by atoms with E-state index in [1.165, 1.54) is 45.4 Å². The van der Waals surface area contributed by atoms with Gasteiger partial charge in [-0.15, -0.1) is 0 Å². The maximum absolute atomic E-state index is 2.59. The third-order valence-electron chi connectivity index (χ3n) is 2.99. The van der Waals surface area contributed by atoms with E-state index in [1.54, 1.807) is 0 Å². The quantitative estimate of drug-likeness (QED) is 0.643.